The maximum Gasteiger partial charge on any atom is 0.193 e. The lowest BCUT2D eigenvalue weighted by Crippen LogP contribution is -2.39. The number of para-hydroxylation sites is 1. The third-order valence-corrected chi connectivity index (χ3v) is 5.05. The molecule has 1 N–H and O–H groups in total. The van der Waals surface area contributed by atoms with Crippen molar-refractivity contribution in [2.75, 3.05) is 20.1 Å². The van der Waals surface area contributed by atoms with Crippen LogP contribution in [0.5, 0.6) is 0 Å². The summed E-state index contributed by atoms with van der Waals surface area (Å²) in [5, 5.41) is 9.87. The molecule has 0 aliphatic rings. The summed E-state index contributed by atoms with van der Waals surface area (Å²) in [6.45, 7) is 4.50. The van der Waals surface area contributed by atoms with Crippen LogP contribution in [0.15, 0.2) is 65.2 Å². The van der Waals surface area contributed by atoms with Crippen LogP contribution in [0.1, 0.15) is 17.4 Å². The number of nitrogens with zero attached hydrogens (tertiary/aromatic N) is 4. The molecule has 1 aromatic carbocycles. The zero-order chi connectivity index (χ0) is 18.2. The monoisotopic (exact) mass is 367 g/mol. The van der Waals surface area contributed by atoms with E-state index in [-0.39, 0.29) is 0 Å². The molecule has 0 radical (unpaired) electrons. The van der Waals surface area contributed by atoms with E-state index in [0.29, 0.717) is 6.54 Å². The normalized spacial score (nSPS) is 11.5. The Labute approximate surface area is 159 Å². The molecule has 136 valence electrons. The van der Waals surface area contributed by atoms with Crippen molar-refractivity contribution < 1.29 is 0 Å². The van der Waals surface area contributed by atoms with Gasteiger partial charge in [0.1, 0.15) is 0 Å². The molecule has 0 aliphatic carbocycles. The zero-order valence-corrected chi connectivity index (χ0v) is 16.1. The Morgan fingerprint density at radius 1 is 1.23 bits per heavy atom. The number of aliphatic imine (C=N–C) groups is 1. The number of nitrogens with one attached hydrogen (secondary N) is 1. The fourth-order valence-electron chi connectivity index (χ4n) is 2.75. The Morgan fingerprint density at radius 3 is 2.85 bits per heavy atom. The van der Waals surface area contributed by atoms with E-state index in [0.717, 1.165) is 36.7 Å². The van der Waals surface area contributed by atoms with Crippen LogP contribution >= 0.6 is 11.3 Å². The molecule has 0 bridgehead atoms. The average Bonchev–Trinajstić information content (AvgIpc) is 3.37. The number of thiophene rings is 1. The summed E-state index contributed by atoms with van der Waals surface area (Å²) in [6, 6.07) is 14.5. The lowest BCUT2D eigenvalue weighted by Gasteiger charge is -2.22. The summed E-state index contributed by atoms with van der Waals surface area (Å²) in [5.74, 6) is 0.930. The Balaban J connectivity index is 1.71. The van der Waals surface area contributed by atoms with Gasteiger partial charge in [-0.2, -0.15) is 5.10 Å². The number of guanidine groups is 1. The number of hydrogen-bond donors (Lipinski definition) is 1. The van der Waals surface area contributed by atoms with Crippen LogP contribution in [0.25, 0.3) is 5.69 Å². The smallest absolute Gasteiger partial charge is 0.193 e. The minimum absolute atomic E-state index is 0.613. The first-order valence-electron chi connectivity index (χ1n) is 8.87. The van der Waals surface area contributed by atoms with Crippen LogP contribution in [-0.4, -0.2) is 40.8 Å². The Morgan fingerprint density at radius 2 is 2.12 bits per heavy atom. The highest BCUT2D eigenvalue weighted by Crippen LogP contribution is 2.15. The molecule has 0 saturated carbocycles. The van der Waals surface area contributed by atoms with E-state index in [2.05, 4.69) is 58.9 Å². The van der Waals surface area contributed by atoms with E-state index in [1.165, 1.54) is 4.88 Å². The summed E-state index contributed by atoms with van der Waals surface area (Å²) >= 11 is 1.80. The molecule has 0 amide bonds. The second kappa shape index (κ2) is 9.20. The van der Waals surface area contributed by atoms with E-state index in [4.69, 9.17) is 4.99 Å². The SMILES string of the molecule is CCNC(=NCc1ccccc1-n1cccn1)N(C)CCc1cccs1. The molecular formula is C20H25N5S. The Bertz CT molecular complexity index is 809. The van der Waals surface area contributed by atoms with Crippen LogP contribution < -0.4 is 5.32 Å². The number of likely N-dealkylation sites (N-methyl/N-ethyl adjacent to an activating group) is 1. The van der Waals surface area contributed by atoms with Crippen molar-refractivity contribution in [1.29, 1.82) is 0 Å². The molecule has 0 atom stereocenters. The van der Waals surface area contributed by atoms with Gasteiger partial charge in [-0.1, -0.05) is 24.3 Å². The van der Waals surface area contributed by atoms with Gasteiger partial charge in [0.2, 0.25) is 0 Å². The molecule has 2 heterocycles. The highest BCUT2D eigenvalue weighted by Gasteiger charge is 2.08. The quantitative estimate of drug-likeness (QED) is 0.513. The largest absolute Gasteiger partial charge is 0.357 e. The molecule has 0 unspecified atom stereocenters. The van der Waals surface area contributed by atoms with Gasteiger partial charge >= 0.3 is 0 Å². The number of rotatable bonds is 7. The maximum absolute atomic E-state index is 4.85. The summed E-state index contributed by atoms with van der Waals surface area (Å²) < 4.78 is 1.89. The molecule has 3 aromatic rings. The molecule has 2 aromatic heterocycles. The van der Waals surface area contributed by atoms with Crippen molar-refractivity contribution in [3.63, 3.8) is 0 Å². The predicted octanol–water partition coefficient (Wildman–Crippen LogP) is 3.57. The van der Waals surface area contributed by atoms with Crippen molar-refractivity contribution in [2.24, 2.45) is 4.99 Å². The molecule has 6 heteroatoms. The van der Waals surface area contributed by atoms with E-state index in [9.17, 15) is 0 Å². The molecule has 3 rings (SSSR count). The van der Waals surface area contributed by atoms with Crippen LogP contribution in [0.2, 0.25) is 0 Å². The summed E-state index contributed by atoms with van der Waals surface area (Å²) in [6.07, 6.45) is 4.78. The first-order chi connectivity index (χ1) is 12.8. The van der Waals surface area contributed by atoms with Crippen molar-refractivity contribution in [1.82, 2.24) is 20.0 Å². The summed E-state index contributed by atoms with van der Waals surface area (Å²) in [4.78, 5) is 8.44. The minimum atomic E-state index is 0.613. The van der Waals surface area contributed by atoms with Crippen molar-refractivity contribution >= 4 is 17.3 Å². The Hall–Kier alpha value is -2.60. The summed E-state index contributed by atoms with van der Waals surface area (Å²) in [5.41, 5.74) is 2.22. The van der Waals surface area contributed by atoms with Crippen molar-refractivity contribution in [3.05, 3.63) is 70.7 Å². The van der Waals surface area contributed by atoms with Gasteiger partial charge < -0.3 is 10.2 Å². The third kappa shape index (κ3) is 4.73. The molecule has 0 spiro atoms. The average molecular weight is 368 g/mol. The lowest BCUT2D eigenvalue weighted by molar-refractivity contribution is 0.486. The molecule has 5 nitrogen and oxygen atoms in total. The van der Waals surface area contributed by atoms with Crippen LogP contribution in [-0.2, 0) is 13.0 Å². The topological polar surface area (TPSA) is 45.5 Å². The van der Waals surface area contributed by atoms with Crippen LogP contribution in [0.4, 0.5) is 0 Å². The zero-order valence-electron chi connectivity index (χ0n) is 15.3. The van der Waals surface area contributed by atoms with Gasteiger partial charge in [-0.05, 0) is 42.5 Å². The van der Waals surface area contributed by atoms with Gasteiger partial charge in [0.25, 0.3) is 0 Å². The van der Waals surface area contributed by atoms with E-state index in [1.807, 2.05) is 29.1 Å². The van der Waals surface area contributed by atoms with Gasteiger partial charge in [0.05, 0.1) is 12.2 Å². The standard InChI is InChI=1S/C20H25N5S/c1-3-21-20(24(2)14-11-18-9-6-15-26-18)22-16-17-8-4-5-10-19(17)25-13-7-12-23-25/h4-10,12-13,15H,3,11,14,16H2,1-2H3,(H,21,22). The maximum atomic E-state index is 4.85. The third-order valence-electron chi connectivity index (χ3n) is 4.11. The lowest BCUT2D eigenvalue weighted by atomic mass is 10.2. The molecule has 0 aliphatic heterocycles. The molecule has 0 saturated heterocycles. The predicted molar refractivity (Wildman–Crippen MR) is 109 cm³/mol. The summed E-state index contributed by atoms with van der Waals surface area (Å²) in [7, 11) is 2.09. The number of benzene rings is 1. The van der Waals surface area contributed by atoms with E-state index in [1.54, 1.807) is 17.5 Å². The van der Waals surface area contributed by atoms with Gasteiger partial charge in [-0.3, -0.25) is 0 Å². The van der Waals surface area contributed by atoms with Crippen LogP contribution in [0, 0.1) is 0 Å². The van der Waals surface area contributed by atoms with Gasteiger partial charge in [0.15, 0.2) is 5.96 Å². The second-order valence-corrected chi connectivity index (χ2v) is 7.03. The van der Waals surface area contributed by atoms with Crippen molar-refractivity contribution in [2.45, 2.75) is 19.9 Å². The highest BCUT2D eigenvalue weighted by molar-refractivity contribution is 7.09. The van der Waals surface area contributed by atoms with Gasteiger partial charge in [0, 0.05) is 37.4 Å². The number of hydrogen-bond acceptors (Lipinski definition) is 3. The Kier molecular flexibility index (Phi) is 6.44. The number of aromatic nitrogens is 2. The molecule has 0 fully saturated rings. The first kappa shape index (κ1) is 18.2. The molecule has 26 heavy (non-hydrogen) atoms. The van der Waals surface area contributed by atoms with E-state index >= 15 is 0 Å². The minimum Gasteiger partial charge on any atom is -0.357 e. The van der Waals surface area contributed by atoms with Crippen molar-refractivity contribution in [3.8, 4) is 5.69 Å². The fourth-order valence-corrected chi connectivity index (χ4v) is 3.45. The fraction of sp³-hybridized carbons (Fsp3) is 0.300. The van der Waals surface area contributed by atoms with Gasteiger partial charge in [-0.25, -0.2) is 9.67 Å². The highest BCUT2D eigenvalue weighted by atomic mass is 32.1. The van der Waals surface area contributed by atoms with E-state index < -0.39 is 0 Å². The van der Waals surface area contributed by atoms with Crippen LogP contribution in [0.3, 0.4) is 0 Å². The molecular weight excluding hydrogens is 342 g/mol. The first-order valence-corrected chi connectivity index (χ1v) is 9.75. The van der Waals surface area contributed by atoms with Gasteiger partial charge in [-0.15, -0.1) is 11.3 Å². The second-order valence-electron chi connectivity index (χ2n) is 6.00.